The fourth-order valence-corrected chi connectivity index (χ4v) is 2.35. The van der Waals surface area contributed by atoms with Gasteiger partial charge in [-0.15, -0.1) is 10.2 Å². The Morgan fingerprint density at radius 1 is 1.29 bits per heavy atom. The van der Waals surface area contributed by atoms with Crippen molar-refractivity contribution in [3.63, 3.8) is 0 Å². The largest absolute Gasteiger partial charge is 0.494 e. The summed E-state index contributed by atoms with van der Waals surface area (Å²) in [4.78, 5) is 4.25. The second-order valence-electron chi connectivity index (χ2n) is 5.23. The summed E-state index contributed by atoms with van der Waals surface area (Å²) in [5.41, 5.74) is 1.15. The fraction of sp³-hybridized carbons (Fsp3) is 0.471. The topological polar surface area (TPSA) is 76.4 Å². The number of benzene rings is 1. The molecule has 0 bridgehead atoms. The first-order valence-electron chi connectivity index (χ1n) is 8.29. The van der Waals surface area contributed by atoms with Gasteiger partial charge in [-0.25, -0.2) is 0 Å². The Morgan fingerprint density at radius 3 is 2.92 bits per heavy atom. The molecule has 0 saturated carbocycles. The van der Waals surface area contributed by atoms with E-state index in [4.69, 9.17) is 4.74 Å². The molecule has 0 aliphatic rings. The van der Waals surface area contributed by atoms with Crippen molar-refractivity contribution in [3.05, 3.63) is 42.0 Å². The van der Waals surface area contributed by atoms with Gasteiger partial charge in [0.2, 0.25) is 0 Å². The summed E-state index contributed by atoms with van der Waals surface area (Å²) in [6.45, 7) is 6.97. The van der Waals surface area contributed by atoms with Gasteiger partial charge in [-0.1, -0.05) is 19.1 Å². The number of nitrogens with zero attached hydrogens (tertiary/aromatic N) is 4. The first kappa shape index (κ1) is 17.8. The van der Waals surface area contributed by atoms with Crippen LogP contribution in [0.5, 0.6) is 5.75 Å². The molecular weight excluding hydrogens is 304 g/mol. The van der Waals surface area contributed by atoms with E-state index in [9.17, 15) is 0 Å². The molecule has 1 aromatic heterocycles. The van der Waals surface area contributed by atoms with Gasteiger partial charge in [0, 0.05) is 33.1 Å². The summed E-state index contributed by atoms with van der Waals surface area (Å²) in [7, 11) is 1.77. The summed E-state index contributed by atoms with van der Waals surface area (Å²) >= 11 is 0. The SMILES string of the molecule is CCOc1cccc(CNC(=NC)NCCn2cnnc2CC)c1. The average molecular weight is 330 g/mol. The molecule has 0 amide bonds. The molecule has 130 valence electrons. The van der Waals surface area contributed by atoms with Gasteiger partial charge in [0.05, 0.1) is 6.61 Å². The Hall–Kier alpha value is -2.57. The highest BCUT2D eigenvalue weighted by atomic mass is 16.5. The normalized spacial score (nSPS) is 11.4. The van der Waals surface area contributed by atoms with Gasteiger partial charge >= 0.3 is 0 Å². The van der Waals surface area contributed by atoms with E-state index < -0.39 is 0 Å². The molecule has 0 aliphatic carbocycles. The predicted octanol–water partition coefficient (Wildman–Crippen LogP) is 1.60. The van der Waals surface area contributed by atoms with E-state index >= 15 is 0 Å². The number of aliphatic imine (C=N–C) groups is 1. The quantitative estimate of drug-likeness (QED) is 0.568. The van der Waals surface area contributed by atoms with Crippen molar-refractivity contribution < 1.29 is 4.74 Å². The fourth-order valence-electron chi connectivity index (χ4n) is 2.35. The minimum Gasteiger partial charge on any atom is -0.494 e. The molecule has 0 spiro atoms. The molecule has 7 nitrogen and oxygen atoms in total. The standard InChI is InChI=1S/C17H26N6O/c1-4-16-22-21-13-23(16)10-9-19-17(18-3)20-12-14-7-6-8-15(11-14)24-5-2/h6-8,11,13H,4-5,9-10,12H2,1-3H3,(H2,18,19,20). The number of guanidine groups is 1. The van der Waals surface area contributed by atoms with Crippen molar-refractivity contribution in [2.75, 3.05) is 20.2 Å². The van der Waals surface area contributed by atoms with E-state index in [0.29, 0.717) is 13.2 Å². The lowest BCUT2D eigenvalue weighted by Crippen LogP contribution is -2.38. The van der Waals surface area contributed by atoms with Crippen LogP contribution >= 0.6 is 0 Å². The second kappa shape index (κ2) is 9.54. The molecule has 1 aromatic carbocycles. The van der Waals surface area contributed by atoms with E-state index in [2.05, 4.69) is 38.8 Å². The number of nitrogens with one attached hydrogen (secondary N) is 2. The van der Waals surface area contributed by atoms with Crippen molar-refractivity contribution in [1.29, 1.82) is 0 Å². The number of hydrogen-bond donors (Lipinski definition) is 2. The molecule has 0 saturated heterocycles. The maximum atomic E-state index is 5.52. The van der Waals surface area contributed by atoms with Crippen LogP contribution < -0.4 is 15.4 Å². The maximum absolute atomic E-state index is 5.52. The van der Waals surface area contributed by atoms with Gasteiger partial charge in [0.1, 0.15) is 17.9 Å². The van der Waals surface area contributed by atoms with Crippen molar-refractivity contribution in [1.82, 2.24) is 25.4 Å². The Morgan fingerprint density at radius 2 is 2.17 bits per heavy atom. The highest BCUT2D eigenvalue weighted by Crippen LogP contribution is 2.12. The van der Waals surface area contributed by atoms with Gasteiger partial charge in [0.15, 0.2) is 5.96 Å². The van der Waals surface area contributed by atoms with Crippen LogP contribution in [0.15, 0.2) is 35.6 Å². The molecule has 0 aliphatic heterocycles. The lowest BCUT2D eigenvalue weighted by molar-refractivity contribution is 0.340. The van der Waals surface area contributed by atoms with Gasteiger partial charge in [-0.3, -0.25) is 4.99 Å². The number of rotatable bonds is 8. The van der Waals surface area contributed by atoms with Crippen molar-refractivity contribution >= 4 is 5.96 Å². The Kier molecular flexibility index (Phi) is 7.07. The maximum Gasteiger partial charge on any atom is 0.191 e. The monoisotopic (exact) mass is 330 g/mol. The van der Waals surface area contributed by atoms with Gasteiger partial charge in [-0.05, 0) is 24.6 Å². The van der Waals surface area contributed by atoms with Crippen LogP contribution in [0.25, 0.3) is 0 Å². The number of aromatic nitrogens is 3. The van der Waals surface area contributed by atoms with E-state index in [0.717, 1.165) is 42.6 Å². The molecule has 2 N–H and O–H groups in total. The third-order valence-electron chi connectivity index (χ3n) is 3.55. The summed E-state index contributed by atoms with van der Waals surface area (Å²) in [6, 6.07) is 8.06. The molecule has 0 fully saturated rings. The van der Waals surface area contributed by atoms with E-state index in [-0.39, 0.29) is 0 Å². The molecule has 0 unspecified atom stereocenters. The molecule has 1 heterocycles. The summed E-state index contributed by atoms with van der Waals surface area (Å²) in [5.74, 6) is 2.65. The number of hydrogen-bond acceptors (Lipinski definition) is 4. The summed E-state index contributed by atoms with van der Waals surface area (Å²) in [6.07, 6.45) is 2.64. The highest BCUT2D eigenvalue weighted by molar-refractivity contribution is 5.79. The molecule has 2 rings (SSSR count). The number of aryl methyl sites for hydroxylation is 1. The minimum atomic E-state index is 0.670. The summed E-state index contributed by atoms with van der Waals surface area (Å²) < 4.78 is 7.57. The molecule has 0 radical (unpaired) electrons. The van der Waals surface area contributed by atoms with E-state index in [1.54, 1.807) is 13.4 Å². The van der Waals surface area contributed by atoms with Crippen LogP contribution in [-0.4, -0.2) is 40.9 Å². The van der Waals surface area contributed by atoms with Gasteiger partial charge in [0.25, 0.3) is 0 Å². The molecule has 7 heteroatoms. The van der Waals surface area contributed by atoms with Crippen molar-refractivity contribution in [2.24, 2.45) is 4.99 Å². The van der Waals surface area contributed by atoms with Crippen LogP contribution in [0.4, 0.5) is 0 Å². The third kappa shape index (κ3) is 5.26. The van der Waals surface area contributed by atoms with Crippen molar-refractivity contribution in [2.45, 2.75) is 33.4 Å². The van der Waals surface area contributed by atoms with Crippen LogP contribution in [0, 0.1) is 0 Å². The first-order chi connectivity index (χ1) is 11.8. The Labute approximate surface area is 143 Å². The molecule has 24 heavy (non-hydrogen) atoms. The smallest absolute Gasteiger partial charge is 0.191 e. The minimum absolute atomic E-state index is 0.670. The van der Waals surface area contributed by atoms with Gasteiger partial charge in [-0.2, -0.15) is 0 Å². The van der Waals surface area contributed by atoms with E-state index in [1.165, 1.54) is 0 Å². The Bertz CT molecular complexity index is 652. The highest BCUT2D eigenvalue weighted by Gasteiger charge is 2.03. The Balaban J connectivity index is 1.79. The van der Waals surface area contributed by atoms with Gasteiger partial charge < -0.3 is 19.9 Å². The zero-order valence-corrected chi connectivity index (χ0v) is 14.6. The third-order valence-corrected chi connectivity index (χ3v) is 3.55. The lowest BCUT2D eigenvalue weighted by atomic mass is 10.2. The zero-order chi connectivity index (χ0) is 17.2. The predicted molar refractivity (Wildman–Crippen MR) is 95.2 cm³/mol. The molecular formula is C17H26N6O. The van der Waals surface area contributed by atoms with Crippen LogP contribution in [0.3, 0.4) is 0 Å². The zero-order valence-electron chi connectivity index (χ0n) is 14.6. The van der Waals surface area contributed by atoms with E-state index in [1.807, 2.05) is 29.7 Å². The van der Waals surface area contributed by atoms with Crippen molar-refractivity contribution in [3.8, 4) is 5.75 Å². The second-order valence-corrected chi connectivity index (χ2v) is 5.23. The number of ether oxygens (including phenoxy) is 1. The molecule has 2 aromatic rings. The summed E-state index contributed by atoms with van der Waals surface area (Å²) in [5, 5.41) is 14.6. The van der Waals surface area contributed by atoms with Crippen LogP contribution in [0.2, 0.25) is 0 Å². The average Bonchev–Trinajstić information content (AvgIpc) is 3.06. The van der Waals surface area contributed by atoms with Crippen LogP contribution in [0.1, 0.15) is 25.2 Å². The van der Waals surface area contributed by atoms with Crippen LogP contribution in [-0.2, 0) is 19.5 Å². The molecule has 0 atom stereocenters. The first-order valence-corrected chi connectivity index (χ1v) is 8.29. The lowest BCUT2D eigenvalue weighted by Gasteiger charge is -2.13.